The standard InChI is InChI=1S/C19H22N4O6S3/c24-17(10-15-11-30-19(21-15)23-8-1-2-18(23)25)20-13-3-5-16(6-4-13)32(28,29)22-14-7-9-31(26,27)12-14/h3-6,11,14,22H,1-2,7-10,12H2,(H,20,24)/t14-/m1/s1. The van der Waals surface area contributed by atoms with E-state index in [1.165, 1.54) is 35.6 Å². The molecule has 4 rings (SSSR count). The number of hydrogen-bond acceptors (Lipinski definition) is 8. The number of sulfonamides is 1. The summed E-state index contributed by atoms with van der Waals surface area (Å²) in [6, 6.07) is 4.99. The Morgan fingerprint density at radius 3 is 2.62 bits per heavy atom. The molecule has 2 saturated heterocycles. The molecule has 1 atom stereocenters. The van der Waals surface area contributed by atoms with Crippen molar-refractivity contribution in [1.82, 2.24) is 9.71 Å². The van der Waals surface area contributed by atoms with Crippen LogP contribution in [0.1, 0.15) is 25.0 Å². The summed E-state index contributed by atoms with van der Waals surface area (Å²) in [6.45, 7) is 0.638. The minimum absolute atomic E-state index is 0.0146. The summed E-state index contributed by atoms with van der Waals surface area (Å²) in [5.74, 6) is -0.515. The number of amides is 2. The van der Waals surface area contributed by atoms with Crippen molar-refractivity contribution in [3.05, 3.63) is 35.3 Å². The molecule has 0 spiro atoms. The first-order valence-electron chi connectivity index (χ1n) is 9.99. The number of aromatic nitrogens is 1. The molecule has 2 amide bonds. The summed E-state index contributed by atoms with van der Waals surface area (Å²) in [5.41, 5.74) is 0.972. The van der Waals surface area contributed by atoms with E-state index in [-0.39, 0.29) is 41.1 Å². The van der Waals surface area contributed by atoms with E-state index in [0.717, 1.165) is 6.42 Å². The van der Waals surface area contributed by atoms with E-state index in [1.807, 2.05) is 0 Å². The average Bonchev–Trinajstić information content (AvgIpc) is 3.42. The number of thiazole rings is 1. The van der Waals surface area contributed by atoms with Crippen molar-refractivity contribution in [1.29, 1.82) is 0 Å². The quantitative estimate of drug-likeness (QED) is 0.578. The van der Waals surface area contributed by atoms with Gasteiger partial charge in [-0.3, -0.25) is 14.5 Å². The Labute approximate surface area is 190 Å². The van der Waals surface area contributed by atoms with Gasteiger partial charge in [-0.15, -0.1) is 11.3 Å². The van der Waals surface area contributed by atoms with E-state index in [9.17, 15) is 26.4 Å². The molecular weight excluding hydrogens is 476 g/mol. The van der Waals surface area contributed by atoms with Gasteiger partial charge >= 0.3 is 0 Å². The Kier molecular flexibility index (Phi) is 6.34. The van der Waals surface area contributed by atoms with Crippen LogP contribution in [0.5, 0.6) is 0 Å². The normalized spacial score (nSPS) is 20.6. The Hall–Kier alpha value is -2.35. The Morgan fingerprint density at radius 1 is 1.25 bits per heavy atom. The maximum absolute atomic E-state index is 12.5. The summed E-state index contributed by atoms with van der Waals surface area (Å²) < 4.78 is 50.4. The third-order valence-corrected chi connectivity index (χ3v) is 9.41. The molecule has 10 nitrogen and oxygen atoms in total. The highest BCUT2D eigenvalue weighted by atomic mass is 32.2. The molecule has 0 aliphatic carbocycles. The summed E-state index contributed by atoms with van der Waals surface area (Å²) in [5, 5.41) is 5.02. The van der Waals surface area contributed by atoms with Crippen LogP contribution in [0.4, 0.5) is 10.8 Å². The average molecular weight is 499 g/mol. The van der Waals surface area contributed by atoms with Crippen molar-refractivity contribution in [2.75, 3.05) is 28.3 Å². The molecular formula is C19H22N4O6S3. The Balaban J connectivity index is 1.34. The van der Waals surface area contributed by atoms with Crippen molar-refractivity contribution in [3.63, 3.8) is 0 Å². The summed E-state index contributed by atoms with van der Waals surface area (Å²) >= 11 is 1.32. The second-order valence-corrected chi connectivity index (χ2v) is 12.5. The third-order valence-electron chi connectivity index (χ3n) is 5.19. The fraction of sp³-hybridized carbons (Fsp3) is 0.421. The van der Waals surface area contributed by atoms with Gasteiger partial charge in [-0.25, -0.2) is 26.5 Å². The van der Waals surface area contributed by atoms with Gasteiger partial charge in [0.1, 0.15) is 0 Å². The molecule has 0 unspecified atom stereocenters. The smallest absolute Gasteiger partial charge is 0.240 e. The highest BCUT2D eigenvalue weighted by Crippen LogP contribution is 2.25. The van der Waals surface area contributed by atoms with Gasteiger partial charge in [0.15, 0.2) is 15.0 Å². The van der Waals surface area contributed by atoms with Gasteiger partial charge in [0.2, 0.25) is 21.8 Å². The van der Waals surface area contributed by atoms with E-state index in [1.54, 1.807) is 10.3 Å². The van der Waals surface area contributed by atoms with Crippen molar-refractivity contribution >= 4 is 53.8 Å². The fourth-order valence-electron chi connectivity index (χ4n) is 3.61. The molecule has 1 aromatic carbocycles. The molecule has 32 heavy (non-hydrogen) atoms. The number of anilines is 2. The summed E-state index contributed by atoms with van der Waals surface area (Å²) in [7, 11) is -7.07. The van der Waals surface area contributed by atoms with Crippen molar-refractivity contribution in [2.45, 2.75) is 36.6 Å². The summed E-state index contributed by atoms with van der Waals surface area (Å²) in [6.07, 6.45) is 1.59. The van der Waals surface area contributed by atoms with E-state index >= 15 is 0 Å². The fourth-order valence-corrected chi connectivity index (χ4v) is 7.53. The number of nitrogens with zero attached hydrogens (tertiary/aromatic N) is 2. The molecule has 0 radical (unpaired) electrons. The number of nitrogens with one attached hydrogen (secondary N) is 2. The number of benzene rings is 1. The van der Waals surface area contributed by atoms with Crippen LogP contribution in [-0.2, 0) is 35.9 Å². The lowest BCUT2D eigenvalue weighted by atomic mass is 10.3. The molecule has 3 heterocycles. The molecule has 1 aromatic heterocycles. The van der Waals surface area contributed by atoms with Crippen LogP contribution in [0.2, 0.25) is 0 Å². The molecule has 2 aromatic rings. The van der Waals surface area contributed by atoms with Crippen LogP contribution in [-0.4, -0.2) is 57.7 Å². The van der Waals surface area contributed by atoms with Gasteiger partial charge in [0.25, 0.3) is 0 Å². The van der Waals surface area contributed by atoms with Gasteiger partial charge in [0.05, 0.1) is 28.5 Å². The Morgan fingerprint density at radius 2 is 2.00 bits per heavy atom. The van der Waals surface area contributed by atoms with Crippen molar-refractivity contribution in [3.8, 4) is 0 Å². The van der Waals surface area contributed by atoms with Gasteiger partial charge in [-0.05, 0) is 37.1 Å². The molecule has 2 aliphatic rings. The van der Waals surface area contributed by atoms with Crippen LogP contribution in [0.3, 0.4) is 0 Å². The predicted octanol–water partition coefficient (Wildman–Crippen LogP) is 0.916. The van der Waals surface area contributed by atoms with Gasteiger partial charge in [0, 0.05) is 30.1 Å². The zero-order valence-electron chi connectivity index (χ0n) is 17.0. The SMILES string of the molecule is O=C(Cc1csc(N2CCCC2=O)n1)Nc1ccc(S(=O)(=O)N[C@@H]2CCS(=O)(=O)C2)cc1. The molecule has 13 heteroatoms. The first-order chi connectivity index (χ1) is 15.1. The zero-order chi connectivity index (χ0) is 22.9. The largest absolute Gasteiger partial charge is 0.326 e. The van der Waals surface area contributed by atoms with Crippen molar-refractivity contribution in [2.24, 2.45) is 0 Å². The van der Waals surface area contributed by atoms with E-state index in [2.05, 4.69) is 15.0 Å². The second kappa shape index (κ2) is 8.89. The third kappa shape index (κ3) is 5.34. The van der Waals surface area contributed by atoms with Gasteiger partial charge < -0.3 is 5.32 Å². The predicted molar refractivity (Wildman–Crippen MR) is 120 cm³/mol. The molecule has 0 saturated carbocycles. The van der Waals surface area contributed by atoms with Crippen LogP contribution in [0.25, 0.3) is 0 Å². The highest BCUT2D eigenvalue weighted by molar-refractivity contribution is 7.92. The second-order valence-electron chi connectivity index (χ2n) is 7.74. The van der Waals surface area contributed by atoms with Gasteiger partial charge in [-0.1, -0.05) is 0 Å². The maximum atomic E-state index is 12.5. The van der Waals surface area contributed by atoms with E-state index < -0.39 is 25.9 Å². The number of carbonyl (C=O) groups is 2. The van der Waals surface area contributed by atoms with Crippen molar-refractivity contribution < 1.29 is 26.4 Å². The first kappa shape index (κ1) is 22.8. The lowest BCUT2D eigenvalue weighted by molar-refractivity contribution is -0.117. The lowest BCUT2D eigenvalue weighted by Gasteiger charge is -2.12. The van der Waals surface area contributed by atoms with Crippen LogP contribution >= 0.6 is 11.3 Å². The first-order valence-corrected chi connectivity index (χ1v) is 14.2. The molecule has 2 fully saturated rings. The number of carbonyl (C=O) groups excluding carboxylic acids is 2. The molecule has 2 aliphatic heterocycles. The van der Waals surface area contributed by atoms with Crippen LogP contribution in [0.15, 0.2) is 34.5 Å². The number of hydrogen-bond donors (Lipinski definition) is 2. The minimum atomic E-state index is -3.87. The number of rotatable bonds is 7. The highest BCUT2D eigenvalue weighted by Gasteiger charge is 2.31. The number of sulfone groups is 1. The Bertz CT molecular complexity index is 1240. The van der Waals surface area contributed by atoms with Gasteiger partial charge in [-0.2, -0.15) is 0 Å². The topological polar surface area (TPSA) is 143 Å². The van der Waals surface area contributed by atoms with Crippen LogP contribution in [0, 0.1) is 0 Å². The molecule has 0 bridgehead atoms. The maximum Gasteiger partial charge on any atom is 0.240 e. The lowest BCUT2D eigenvalue weighted by Crippen LogP contribution is -2.35. The molecule has 172 valence electrons. The van der Waals surface area contributed by atoms with E-state index in [4.69, 9.17) is 0 Å². The molecule has 2 N–H and O–H groups in total. The van der Waals surface area contributed by atoms with E-state index in [0.29, 0.717) is 29.5 Å². The zero-order valence-corrected chi connectivity index (χ0v) is 19.4. The minimum Gasteiger partial charge on any atom is -0.326 e. The summed E-state index contributed by atoms with van der Waals surface area (Å²) in [4.78, 5) is 30.1. The van der Waals surface area contributed by atoms with Crippen LogP contribution < -0.4 is 14.9 Å². The monoisotopic (exact) mass is 498 g/mol.